The van der Waals surface area contributed by atoms with E-state index in [1.807, 2.05) is 36.4 Å². The Balaban J connectivity index is 1.68. The van der Waals surface area contributed by atoms with Crippen molar-refractivity contribution in [3.63, 3.8) is 0 Å². The first-order valence-electron chi connectivity index (χ1n) is 9.35. The van der Waals surface area contributed by atoms with Gasteiger partial charge in [-0.15, -0.1) is 5.10 Å². The van der Waals surface area contributed by atoms with Crippen molar-refractivity contribution in [3.05, 3.63) is 54.9 Å². The average Bonchev–Trinajstić information content (AvgIpc) is 3.19. The number of anilines is 2. The first-order chi connectivity index (χ1) is 14.7. The Morgan fingerprint density at radius 3 is 2.57 bits per heavy atom. The van der Waals surface area contributed by atoms with E-state index in [4.69, 9.17) is 19.9 Å². The van der Waals surface area contributed by atoms with E-state index in [1.165, 1.54) is 0 Å². The molecule has 0 atom stereocenters. The molecule has 4 aromatic rings. The Hall–Kier alpha value is -3.85. The van der Waals surface area contributed by atoms with Gasteiger partial charge in [0.15, 0.2) is 5.65 Å². The van der Waals surface area contributed by atoms with E-state index in [1.54, 1.807) is 37.2 Å². The first kappa shape index (κ1) is 19.5. The molecule has 0 fully saturated rings. The third-order valence-electron chi connectivity index (χ3n) is 4.36. The lowest BCUT2D eigenvalue weighted by Crippen LogP contribution is -2.10. The molecule has 0 saturated carbocycles. The Bertz CT molecular complexity index is 1140. The molecule has 30 heavy (non-hydrogen) atoms. The van der Waals surface area contributed by atoms with Crippen molar-refractivity contribution in [2.45, 2.75) is 0 Å². The topological polar surface area (TPSA) is 109 Å². The fourth-order valence-corrected chi connectivity index (χ4v) is 2.99. The molecule has 154 valence electrons. The van der Waals surface area contributed by atoms with Crippen molar-refractivity contribution >= 4 is 17.3 Å². The fraction of sp³-hybridized carbons (Fsp3) is 0.190. The largest absolute Gasteiger partial charge is 0.497 e. The van der Waals surface area contributed by atoms with Gasteiger partial charge in [-0.1, -0.05) is 12.1 Å². The van der Waals surface area contributed by atoms with E-state index in [0.29, 0.717) is 41.9 Å². The molecule has 9 nitrogen and oxygen atoms in total. The number of fused-ring (bicyclic) bond motifs is 1. The van der Waals surface area contributed by atoms with E-state index in [2.05, 4.69) is 20.4 Å². The van der Waals surface area contributed by atoms with Gasteiger partial charge in [0.2, 0.25) is 5.95 Å². The van der Waals surface area contributed by atoms with Crippen LogP contribution >= 0.6 is 0 Å². The number of nitrogens with one attached hydrogen (secondary N) is 1. The quantitative estimate of drug-likeness (QED) is 0.460. The Labute approximate surface area is 173 Å². The first-order valence-corrected chi connectivity index (χ1v) is 9.35. The molecule has 0 aliphatic carbocycles. The molecule has 0 saturated heterocycles. The van der Waals surface area contributed by atoms with Gasteiger partial charge in [0.05, 0.1) is 14.2 Å². The zero-order valence-electron chi connectivity index (χ0n) is 16.7. The Morgan fingerprint density at radius 1 is 1.03 bits per heavy atom. The lowest BCUT2D eigenvalue weighted by molar-refractivity contribution is 0.328. The van der Waals surface area contributed by atoms with Crippen molar-refractivity contribution < 1.29 is 14.2 Å². The van der Waals surface area contributed by atoms with Gasteiger partial charge in [-0.2, -0.15) is 4.98 Å². The minimum atomic E-state index is 0.426. The van der Waals surface area contributed by atoms with Crippen molar-refractivity contribution in [1.29, 1.82) is 0 Å². The van der Waals surface area contributed by atoms with Crippen LogP contribution in [0.5, 0.6) is 17.2 Å². The molecule has 0 bridgehead atoms. The minimum Gasteiger partial charge on any atom is -0.497 e. The maximum Gasteiger partial charge on any atom is 0.247 e. The van der Waals surface area contributed by atoms with Crippen LogP contribution in [-0.4, -0.2) is 47.0 Å². The molecule has 0 amide bonds. The molecule has 2 heterocycles. The van der Waals surface area contributed by atoms with Gasteiger partial charge < -0.3 is 25.3 Å². The van der Waals surface area contributed by atoms with Crippen LogP contribution in [0.2, 0.25) is 0 Å². The second-order valence-electron chi connectivity index (χ2n) is 6.37. The highest BCUT2D eigenvalue weighted by molar-refractivity contribution is 5.75. The lowest BCUT2D eigenvalue weighted by Gasteiger charge is -2.08. The molecular formula is C21H22N6O3. The number of hydrogen-bond acceptors (Lipinski definition) is 8. The van der Waals surface area contributed by atoms with E-state index in [0.717, 1.165) is 17.0 Å². The predicted octanol–water partition coefficient (Wildman–Crippen LogP) is 2.89. The fourth-order valence-electron chi connectivity index (χ4n) is 2.99. The smallest absolute Gasteiger partial charge is 0.247 e. The highest BCUT2D eigenvalue weighted by Gasteiger charge is 2.13. The second kappa shape index (κ2) is 8.66. The summed E-state index contributed by atoms with van der Waals surface area (Å²) in [7, 11) is 3.20. The summed E-state index contributed by atoms with van der Waals surface area (Å²) in [5.41, 5.74) is 8.45. The molecule has 0 unspecified atom stereocenters. The van der Waals surface area contributed by atoms with Gasteiger partial charge in [-0.3, -0.25) is 4.98 Å². The summed E-state index contributed by atoms with van der Waals surface area (Å²) >= 11 is 0. The molecule has 0 radical (unpaired) electrons. The molecule has 2 aromatic heterocycles. The summed E-state index contributed by atoms with van der Waals surface area (Å²) in [5, 5.41) is 7.69. The van der Waals surface area contributed by atoms with E-state index in [-0.39, 0.29) is 0 Å². The zero-order chi connectivity index (χ0) is 20.9. The second-order valence-corrected chi connectivity index (χ2v) is 6.37. The summed E-state index contributed by atoms with van der Waals surface area (Å²) in [6.07, 6.45) is 3.43. The van der Waals surface area contributed by atoms with Crippen LogP contribution in [0.1, 0.15) is 0 Å². The van der Waals surface area contributed by atoms with E-state index in [9.17, 15) is 0 Å². The van der Waals surface area contributed by atoms with E-state index < -0.39 is 0 Å². The van der Waals surface area contributed by atoms with E-state index >= 15 is 0 Å². The number of rotatable bonds is 8. The van der Waals surface area contributed by atoms with Crippen LogP contribution in [0.25, 0.3) is 16.9 Å². The SMILES string of the molecule is COc1cc(Nc2nc3c(-c4cccc(OCCN)c4)nccn3n2)cc(OC)c1. The minimum absolute atomic E-state index is 0.426. The van der Waals surface area contributed by atoms with Gasteiger partial charge in [0.1, 0.15) is 29.5 Å². The number of methoxy groups -OCH3 is 2. The number of nitrogens with two attached hydrogens (primary N) is 1. The van der Waals surface area contributed by atoms with Gasteiger partial charge in [0.25, 0.3) is 0 Å². The van der Waals surface area contributed by atoms with Crippen LogP contribution in [0, 0.1) is 0 Å². The number of benzene rings is 2. The predicted molar refractivity (Wildman–Crippen MR) is 114 cm³/mol. The van der Waals surface area contributed by atoms with Gasteiger partial charge in [-0.25, -0.2) is 4.52 Å². The van der Waals surface area contributed by atoms with Crippen LogP contribution in [-0.2, 0) is 0 Å². The zero-order valence-corrected chi connectivity index (χ0v) is 16.7. The highest BCUT2D eigenvalue weighted by Crippen LogP contribution is 2.29. The number of hydrogen-bond donors (Lipinski definition) is 2. The Morgan fingerprint density at radius 2 is 1.83 bits per heavy atom. The molecular weight excluding hydrogens is 384 g/mol. The number of ether oxygens (including phenoxy) is 3. The summed E-state index contributed by atoms with van der Waals surface area (Å²) in [5.74, 6) is 2.48. The summed E-state index contributed by atoms with van der Waals surface area (Å²) in [6.45, 7) is 0.899. The summed E-state index contributed by atoms with van der Waals surface area (Å²) in [4.78, 5) is 9.13. The van der Waals surface area contributed by atoms with Crippen LogP contribution in [0.3, 0.4) is 0 Å². The Kier molecular flexibility index (Phi) is 5.62. The molecule has 9 heteroatoms. The monoisotopic (exact) mass is 406 g/mol. The van der Waals surface area contributed by atoms with Gasteiger partial charge in [-0.05, 0) is 12.1 Å². The van der Waals surface area contributed by atoms with Crippen LogP contribution in [0.15, 0.2) is 54.9 Å². The van der Waals surface area contributed by atoms with Gasteiger partial charge >= 0.3 is 0 Å². The van der Waals surface area contributed by atoms with Crippen LogP contribution < -0.4 is 25.3 Å². The number of aromatic nitrogens is 4. The van der Waals surface area contributed by atoms with Crippen LogP contribution in [0.4, 0.5) is 11.6 Å². The van der Waals surface area contributed by atoms with Crippen molar-refractivity contribution in [2.75, 3.05) is 32.7 Å². The third-order valence-corrected chi connectivity index (χ3v) is 4.36. The molecule has 0 spiro atoms. The molecule has 4 rings (SSSR count). The molecule has 2 aromatic carbocycles. The molecule has 0 aliphatic rings. The normalized spacial score (nSPS) is 10.8. The third kappa shape index (κ3) is 4.11. The van der Waals surface area contributed by atoms with Crippen molar-refractivity contribution in [1.82, 2.24) is 19.6 Å². The van der Waals surface area contributed by atoms with Crippen molar-refractivity contribution in [3.8, 4) is 28.5 Å². The molecule has 0 aliphatic heterocycles. The van der Waals surface area contributed by atoms with Gasteiger partial charge in [0, 0.05) is 48.4 Å². The summed E-state index contributed by atoms with van der Waals surface area (Å²) in [6, 6.07) is 13.1. The van der Waals surface area contributed by atoms with Crippen molar-refractivity contribution in [2.24, 2.45) is 5.73 Å². The highest BCUT2D eigenvalue weighted by atomic mass is 16.5. The lowest BCUT2D eigenvalue weighted by atomic mass is 10.1. The summed E-state index contributed by atoms with van der Waals surface area (Å²) < 4.78 is 17.9. The maximum absolute atomic E-state index is 5.63. The standard InChI is InChI=1S/C21H22N6O3/c1-28-17-11-15(12-18(13-17)29-2)24-21-25-20-19(23-7-8-27(20)26-21)14-4-3-5-16(10-14)30-9-6-22/h3-5,7-8,10-13H,6,9,22H2,1-2H3,(H,24,26). The molecule has 3 N–H and O–H groups in total. The number of nitrogens with zero attached hydrogens (tertiary/aromatic N) is 4. The average molecular weight is 406 g/mol. The maximum atomic E-state index is 5.63.